The van der Waals surface area contributed by atoms with Gasteiger partial charge >= 0.3 is 0 Å². The lowest BCUT2D eigenvalue weighted by atomic mass is 9.81. The molecule has 2 N–H and O–H groups in total. The van der Waals surface area contributed by atoms with E-state index in [0.717, 1.165) is 32.1 Å². The number of amides is 2. The number of piperidine rings is 2. The highest BCUT2D eigenvalue weighted by Crippen LogP contribution is 2.34. The second-order valence-corrected chi connectivity index (χ2v) is 9.33. The van der Waals surface area contributed by atoms with E-state index < -0.39 is 0 Å². The fourth-order valence-electron chi connectivity index (χ4n) is 4.94. The fraction of sp³-hybridized carbons (Fsp3) is 0.417. The molecule has 2 aliphatic rings. The van der Waals surface area contributed by atoms with Crippen LogP contribution in [0.4, 0.5) is 5.69 Å². The van der Waals surface area contributed by atoms with Gasteiger partial charge < -0.3 is 15.4 Å². The molecule has 0 radical (unpaired) electrons. The molecule has 2 aromatic rings. The molecule has 2 amide bonds. The van der Waals surface area contributed by atoms with Gasteiger partial charge in [0.15, 0.2) is 0 Å². The number of nitrogens with zero attached hydrogens (tertiary/aromatic N) is 1. The molecule has 2 aromatic carbocycles. The molecule has 4 rings (SSSR count). The molecule has 0 spiro atoms. The molecular weight excluding hydrogens is 449 g/mol. The normalized spacial score (nSPS) is 22.8. The van der Waals surface area contributed by atoms with Gasteiger partial charge in [-0.15, -0.1) is 0 Å². The van der Waals surface area contributed by atoms with E-state index in [-0.39, 0.29) is 29.9 Å². The van der Waals surface area contributed by atoms with Gasteiger partial charge in [-0.2, -0.15) is 0 Å². The minimum Gasteiger partial charge on any atom is -0.496 e. The molecule has 32 heavy (non-hydrogen) atoms. The smallest absolute Gasteiger partial charge is 0.255 e. The van der Waals surface area contributed by atoms with Crippen LogP contribution in [0.3, 0.4) is 0 Å². The van der Waals surface area contributed by atoms with Gasteiger partial charge in [-0.25, -0.2) is 0 Å². The van der Waals surface area contributed by atoms with Crippen molar-refractivity contribution in [3.8, 4) is 5.75 Å². The predicted octanol–water partition coefficient (Wildman–Crippen LogP) is 4.76. The number of nitrogens with one attached hydrogen (secondary N) is 2. The molecule has 170 valence electrons. The number of fused-ring (bicyclic) bond motifs is 2. The molecule has 2 saturated heterocycles. The summed E-state index contributed by atoms with van der Waals surface area (Å²) < 4.78 is 5.32. The van der Waals surface area contributed by atoms with Crippen molar-refractivity contribution in [1.82, 2.24) is 10.2 Å². The Hall–Kier alpha value is -2.28. The van der Waals surface area contributed by atoms with Crippen molar-refractivity contribution in [1.29, 1.82) is 0 Å². The first-order valence-corrected chi connectivity index (χ1v) is 11.6. The highest BCUT2D eigenvalue weighted by molar-refractivity contribution is 6.35. The number of carbonyl (C=O) groups is 2. The van der Waals surface area contributed by atoms with Gasteiger partial charge in [0.25, 0.3) is 5.91 Å². The standard InChI is InChI=1S/C24H27Cl2N3O3/c1-32-22-8-3-2-7-21(22)24(31)28-18-12-19-5-4-6-20(13-18)29(19)14-23(30)27-17-10-15(25)9-16(26)11-17/h2-3,7-11,18-20H,4-6,12-14H2,1H3,(H,27,30)(H,28,31). The Kier molecular flexibility index (Phi) is 7.23. The van der Waals surface area contributed by atoms with Gasteiger partial charge in [-0.1, -0.05) is 41.8 Å². The van der Waals surface area contributed by atoms with Crippen LogP contribution in [0.1, 0.15) is 42.5 Å². The van der Waals surface area contributed by atoms with Crippen molar-refractivity contribution in [2.45, 2.75) is 50.2 Å². The largest absolute Gasteiger partial charge is 0.496 e. The first-order valence-electron chi connectivity index (χ1n) is 10.9. The fourth-order valence-corrected chi connectivity index (χ4v) is 5.47. The Balaban J connectivity index is 1.38. The lowest BCUT2D eigenvalue weighted by molar-refractivity contribution is -0.120. The van der Waals surface area contributed by atoms with Gasteiger partial charge in [0.1, 0.15) is 5.75 Å². The summed E-state index contributed by atoms with van der Waals surface area (Å²) >= 11 is 12.1. The number of benzene rings is 2. The molecule has 8 heteroatoms. The number of methoxy groups -OCH3 is 1. The van der Waals surface area contributed by atoms with E-state index in [2.05, 4.69) is 15.5 Å². The van der Waals surface area contributed by atoms with Gasteiger partial charge in [-0.3, -0.25) is 14.5 Å². The second kappa shape index (κ2) is 10.1. The van der Waals surface area contributed by atoms with Crippen LogP contribution in [0, 0.1) is 0 Å². The zero-order valence-electron chi connectivity index (χ0n) is 17.9. The number of anilines is 1. The third-order valence-electron chi connectivity index (χ3n) is 6.29. The van der Waals surface area contributed by atoms with Crippen LogP contribution in [-0.2, 0) is 4.79 Å². The van der Waals surface area contributed by atoms with Gasteiger partial charge in [0, 0.05) is 33.9 Å². The molecule has 2 heterocycles. The lowest BCUT2D eigenvalue weighted by Gasteiger charge is -2.48. The first-order chi connectivity index (χ1) is 15.4. The van der Waals surface area contributed by atoms with Gasteiger partial charge in [-0.05, 0) is 56.0 Å². The van der Waals surface area contributed by atoms with Crippen molar-refractivity contribution in [2.75, 3.05) is 19.0 Å². The Morgan fingerprint density at radius 3 is 2.38 bits per heavy atom. The van der Waals surface area contributed by atoms with Crippen LogP contribution in [0.5, 0.6) is 5.75 Å². The van der Waals surface area contributed by atoms with Crippen molar-refractivity contribution in [3.05, 3.63) is 58.1 Å². The maximum absolute atomic E-state index is 12.8. The molecule has 2 unspecified atom stereocenters. The minimum atomic E-state index is -0.116. The van der Waals surface area contributed by atoms with Crippen LogP contribution in [0.15, 0.2) is 42.5 Å². The van der Waals surface area contributed by atoms with E-state index in [1.807, 2.05) is 12.1 Å². The Labute approximate surface area is 198 Å². The van der Waals surface area contributed by atoms with Gasteiger partial charge in [0.2, 0.25) is 5.91 Å². The maximum atomic E-state index is 12.8. The summed E-state index contributed by atoms with van der Waals surface area (Å²) in [6.07, 6.45) is 4.84. The number of rotatable bonds is 6. The number of para-hydroxylation sites is 1. The molecule has 2 atom stereocenters. The summed E-state index contributed by atoms with van der Waals surface area (Å²) in [4.78, 5) is 27.9. The van der Waals surface area contributed by atoms with Crippen LogP contribution >= 0.6 is 23.2 Å². The monoisotopic (exact) mass is 475 g/mol. The summed E-state index contributed by atoms with van der Waals surface area (Å²) in [6.45, 7) is 0.312. The van der Waals surface area contributed by atoms with E-state index in [1.165, 1.54) is 0 Å². The summed E-state index contributed by atoms with van der Waals surface area (Å²) in [6, 6.07) is 12.9. The quantitative estimate of drug-likeness (QED) is 0.631. The van der Waals surface area contributed by atoms with Gasteiger partial charge in [0.05, 0.1) is 19.2 Å². The number of carbonyl (C=O) groups excluding carboxylic acids is 2. The molecule has 0 saturated carbocycles. The summed E-state index contributed by atoms with van der Waals surface area (Å²) in [5, 5.41) is 7.06. The van der Waals surface area contributed by atoms with Crippen LogP contribution in [0.25, 0.3) is 0 Å². The molecule has 0 aliphatic carbocycles. The van der Waals surface area contributed by atoms with E-state index in [0.29, 0.717) is 33.6 Å². The number of hydrogen-bond acceptors (Lipinski definition) is 4. The Morgan fingerprint density at radius 2 is 1.72 bits per heavy atom. The molecule has 2 fully saturated rings. The van der Waals surface area contributed by atoms with E-state index in [4.69, 9.17) is 27.9 Å². The summed E-state index contributed by atoms with van der Waals surface area (Å²) in [5.74, 6) is 0.367. The summed E-state index contributed by atoms with van der Waals surface area (Å²) in [7, 11) is 1.57. The van der Waals surface area contributed by atoms with E-state index in [9.17, 15) is 9.59 Å². The van der Waals surface area contributed by atoms with Crippen LogP contribution in [0.2, 0.25) is 10.0 Å². The second-order valence-electron chi connectivity index (χ2n) is 8.46. The third kappa shape index (κ3) is 5.37. The lowest BCUT2D eigenvalue weighted by Crippen LogP contribution is -2.58. The predicted molar refractivity (Wildman–Crippen MR) is 127 cm³/mol. The van der Waals surface area contributed by atoms with Crippen molar-refractivity contribution >= 4 is 40.7 Å². The average molecular weight is 476 g/mol. The average Bonchev–Trinajstić information content (AvgIpc) is 2.73. The molecule has 2 aliphatic heterocycles. The van der Waals surface area contributed by atoms with Crippen molar-refractivity contribution in [2.24, 2.45) is 0 Å². The van der Waals surface area contributed by atoms with E-state index in [1.54, 1.807) is 37.4 Å². The minimum absolute atomic E-state index is 0.0776. The Morgan fingerprint density at radius 1 is 1.06 bits per heavy atom. The summed E-state index contributed by atoms with van der Waals surface area (Å²) in [5.41, 5.74) is 1.14. The zero-order chi connectivity index (χ0) is 22.7. The van der Waals surface area contributed by atoms with Crippen LogP contribution in [-0.4, -0.2) is 48.5 Å². The number of ether oxygens (including phenoxy) is 1. The molecular formula is C24H27Cl2N3O3. The number of hydrogen-bond donors (Lipinski definition) is 2. The SMILES string of the molecule is COc1ccccc1C(=O)NC1CC2CCCC(C1)N2CC(=O)Nc1cc(Cl)cc(Cl)c1. The Bertz CT molecular complexity index is 966. The maximum Gasteiger partial charge on any atom is 0.255 e. The molecule has 6 nitrogen and oxygen atoms in total. The van der Waals surface area contributed by atoms with Crippen LogP contribution < -0.4 is 15.4 Å². The molecule has 0 aromatic heterocycles. The zero-order valence-corrected chi connectivity index (χ0v) is 19.5. The van der Waals surface area contributed by atoms with E-state index >= 15 is 0 Å². The molecule has 2 bridgehead atoms. The van der Waals surface area contributed by atoms with Crippen molar-refractivity contribution < 1.29 is 14.3 Å². The number of halogens is 2. The third-order valence-corrected chi connectivity index (χ3v) is 6.72. The van der Waals surface area contributed by atoms with Crippen molar-refractivity contribution in [3.63, 3.8) is 0 Å². The highest BCUT2D eigenvalue weighted by atomic mass is 35.5. The highest BCUT2D eigenvalue weighted by Gasteiger charge is 2.39. The first kappa shape index (κ1) is 22.9. The topological polar surface area (TPSA) is 70.7 Å².